The third kappa shape index (κ3) is 2.24. The maximum absolute atomic E-state index is 13.0. The third-order valence-electron chi connectivity index (χ3n) is 1.38. The lowest BCUT2D eigenvalue weighted by atomic mass is 10.2. The molecule has 0 unspecified atom stereocenters. The van der Waals surface area contributed by atoms with Gasteiger partial charge in [0.05, 0.1) is 5.56 Å². The molecule has 0 spiro atoms. The van der Waals surface area contributed by atoms with Gasteiger partial charge in [0.15, 0.2) is 5.82 Å². The number of halogens is 5. The second kappa shape index (κ2) is 4.27. The fraction of sp³-hybridized carbons (Fsp3) is 0.143. The topological polar surface area (TPSA) is 30.0 Å². The van der Waals surface area contributed by atoms with Gasteiger partial charge >= 0.3 is 0 Å². The van der Waals surface area contributed by atoms with Crippen LogP contribution in [0, 0.1) is 5.82 Å². The van der Waals surface area contributed by atoms with Crippen molar-refractivity contribution in [3.8, 4) is 0 Å². The molecule has 14 heavy (non-hydrogen) atoms. The highest BCUT2D eigenvalue weighted by Gasteiger charge is 2.20. The zero-order valence-corrected chi connectivity index (χ0v) is 8.74. The van der Waals surface area contributed by atoms with Crippen molar-refractivity contribution in [2.75, 3.05) is 0 Å². The summed E-state index contributed by atoms with van der Waals surface area (Å²) in [7, 11) is 0. The Morgan fingerprint density at radius 2 is 2.14 bits per heavy atom. The number of rotatable bonds is 2. The summed E-state index contributed by atoms with van der Waals surface area (Å²) in [6, 6.07) is 0.625. The quantitative estimate of drug-likeness (QED) is 0.617. The van der Waals surface area contributed by atoms with E-state index in [1.165, 1.54) is 0 Å². The highest BCUT2D eigenvalue weighted by Crippen LogP contribution is 2.27. The van der Waals surface area contributed by atoms with Gasteiger partial charge in [-0.2, -0.15) is 0 Å². The van der Waals surface area contributed by atoms with Crippen LogP contribution >= 0.6 is 27.5 Å². The molecular formula is C7H2BrClF3NO. The predicted molar refractivity (Wildman–Crippen MR) is 47.0 cm³/mol. The SMILES string of the molecule is O=C(Cl)c1cc(C(F)F)c(F)c(Br)n1. The van der Waals surface area contributed by atoms with E-state index in [0.29, 0.717) is 6.07 Å². The Morgan fingerprint density at radius 1 is 1.57 bits per heavy atom. The summed E-state index contributed by atoms with van der Waals surface area (Å²) in [4.78, 5) is 13.9. The summed E-state index contributed by atoms with van der Waals surface area (Å²) in [5.41, 5.74) is -1.33. The molecule has 1 aromatic heterocycles. The molecule has 76 valence electrons. The van der Waals surface area contributed by atoms with E-state index in [1.54, 1.807) is 0 Å². The summed E-state index contributed by atoms with van der Waals surface area (Å²) in [5.74, 6) is -1.19. The molecule has 0 atom stereocenters. The highest BCUT2D eigenvalue weighted by molar-refractivity contribution is 9.10. The van der Waals surface area contributed by atoms with E-state index in [-0.39, 0.29) is 0 Å². The van der Waals surface area contributed by atoms with Gasteiger partial charge in [-0.3, -0.25) is 4.79 Å². The first kappa shape index (κ1) is 11.5. The Bertz CT molecular complexity index is 385. The fourth-order valence-corrected chi connectivity index (χ4v) is 1.29. The second-order valence-electron chi connectivity index (χ2n) is 2.28. The van der Waals surface area contributed by atoms with Crippen LogP contribution in [0.4, 0.5) is 13.2 Å². The van der Waals surface area contributed by atoms with Crippen molar-refractivity contribution in [3.05, 3.63) is 27.7 Å². The van der Waals surface area contributed by atoms with Crippen molar-refractivity contribution in [2.24, 2.45) is 0 Å². The lowest BCUT2D eigenvalue weighted by Crippen LogP contribution is -2.01. The standard InChI is InChI=1S/C7H2BrClF3NO/c8-5-4(10)2(7(11)12)1-3(13-5)6(9)14/h1,7H. The van der Waals surface area contributed by atoms with Crippen LogP contribution < -0.4 is 0 Å². The summed E-state index contributed by atoms with van der Waals surface area (Å²) < 4.78 is 36.9. The van der Waals surface area contributed by atoms with Crippen LogP contribution in [0.2, 0.25) is 0 Å². The smallest absolute Gasteiger partial charge is 0.270 e. The minimum absolute atomic E-state index is 0.421. The van der Waals surface area contributed by atoms with Gasteiger partial charge in [0.1, 0.15) is 10.3 Å². The number of carbonyl (C=O) groups is 1. The molecule has 0 amide bonds. The molecule has 0 aliphatic rings. The summed E-state index contributed by atoms with van der Waals surface area (Å²) in [6.07, 6.45) is -3.02. The van der Waals surface area contributed by atoms with E-state index in [4.69, 9.17) is 11.6 Å². The zero-order chi connectivity index (χ0) is 10.9. The van der Waals surface area contributed by atoms with Crippen LogP contribution in [0.3, 0.4) is 0 Å². The predicted octanol–water partition coefficient (Wildman–Crippen LogP) is 3.30. The van der Waals surface area contributed by atoms with Crippen molar-refractivity contribution >= 4 is 32.8 Å². The molecule has 0 radical (unpaired) electrons. The van der Waals surface area contributed by atoms with Crippen LogP contribution in [0.25, 0.3) is 0 Å². The van der Waals surface area contributed by atoms with E-state index < -0.39 is 33.3 Å². The first-order valence-corrected chi connectivity index (χ1v) is 4.44. The van der Waals surface area contributed by atoms with Crippen molar-refractivity contribution in [1.82, 2.24) is 4.98 Å². The fourth-order valence-electron chi connectivity index (χ4n) is 0.776. The highest BCUT2D eigenvalue weighted by atomic mass is 79.9. The Hall–Kier alpha value is -0.620. The van der Waals surface area contributed by atoms with E-state index in [9.17, 15) is 18.0 Å². The first-order valence-electron chi connectivity index (χ1n) is 3.27. The number of pyridine rings is 1. The Balaban J connectivity index is 3.35. The lowest BCUT2D eigenvalue weighted by Gasteiger charge is -2.04. The van der Waals surface area contributed by atoms with Crippen molar-refractivity contribution in [2.45, 2.75) is 6.43 Å². The van der Waals surface area contributed by atoms with Gasteiger partial charge in [-0.25, -0.2) is 18.2 Å². The molecule has 0 aromatic carbocycles. The molecule has 1 heterocycles. The number of nitrogens with zero attached hydrogens (tertiary/aromatic N) is 1. The minimum atomic E-state index is -3.02. The van der Waals surface area contributed by atoms with E-state index in [0.717, 1.165) is 0 Å². The van der Waals surface area contributed by atoms with Gasteiger partial charge in [-0.05, 0) is 33.6 Å². The Labute approximate surface area is 90.2 Å². The maximum atomic E-state index is 13.0. The number of hydrogen-bond donors (Lipinski definition) is 0. The van der Waals surface area contributed by atoms with Crippen molar-refractivity contribution in [1.29, 1.82) is 0 Å². The molecule has 0 bridgehead atoms. The van der Waals surface area contributed by atoms with Crippen LogP contribution in [-0.2, 0) is 0 Å². The van der Waals surface area contributed by atoms with Gasteiger partial charge in [-0.15, -0.1) is 0 Å². The maximum Gasteiger partial charge on any atom is 0.270 e. The minimum Gasteiger partial charge on any atom is -0.274 e. The van der Waals surface area contributed by atoms with E-state index >= 15 is 0 Å². The van der Waals surface area contributed by atoms with Gasteiger partial charge in [0, 0.05) is 0 Å². The van der Waals surface area contributed by atoms with Crippen LogP contribution in [0.5, 0.6) is 0 Å². The van der Waals surface area contributed by atoms with Crippen LogP contribution in [0.15, 0.2) is 10.7 Å². The average Bonchev–Trinajstić information content (AvgIpc) is 2.08. The summed E-state index contributed by atoms with van der Waals surface area (Å²) >= 11 is 7.62. The molecule has 0 saturated heterocycles. The monoisotopic (exact) mass is 287 g/mol. The molecule has 2 nitrogen and oxygen atoms in total. The van der Waals surface area contributed by atoms with Crippen LogP contribution in [0.1, 0.15) is 22.5 Å². The molecule has 7 heteroatoms. The number of alkyl halides is 2. The molecule has 0 fully saturated rings. The molecule has 1 rings (SSSR count). The lowest BCUT2D eigenvalue weighted by molar-refractivity contribution is 0.107. The number of hydrogen-bond acceptors (Lipinski definition) is 2. The second-order valence-corrected chi connectivity index (χ2v) is 3.37. The Morgan fingerprint density at radius 3 is 2.57 bits per heavy atom. The van der Waals surface area contributed by atoms with Crippen molar-refractivity contribution < 1.29 is 18.0 Å². The molecule has 1 aromatic rings. The molecular weight excluding hydrogens is 286 g/mol. The van der Waals surface area contributed by atoms with E-state index in [1.807, 2.05) is 0 Å². The molecule has 0 saturated carbocycles. The average molecular weight is 288 g/mol. The summed E-state index contributed by atoms with van der Waals surface area (Å²) in [5, 5.41) is -1.02. The Kier molecular flexibility index (Phi) is 3.49. The van der Waals surface area contributed by atoms with Crippen LogP contribution in [-0.4, -0.2) is 10.2 Å². The van der Waals surface area contributed by atoms with Gasteiger partial charge in [0.25, 0.3) is 11.7 Å². The number of carbonyl (C=O) groups excluding carboxylic acids is 1. The number of aromatic nitrogens is 1. The normalized spacial score (nSPS) is 10.7. The van der Waals surface area contributed by atoms with Gasteiger partial charge in [0.2, 0.25) is 0 Å². The van der Waals surface area contributed by atoms with Gasteiger partial charge in [-0.1, -0.05) is 0 Å². The van der Waals surface area contributed by atoms with E-state index in [2.05, 4.69) is 20.9 Å². The van der Waals surface area contributed by atoms with Crippen molar-refractivity contribution in [3.63, 3.8) is 0 Å². The first-order chi connectivity index (χ1) is 6.43. The molecule has 0 N–H and O–H groups in total. The summed E-state index contributed by atoms with van der Waals surface area (Å²) in [6.45, 7) is 0. The van der Waals surface area contributed by atoms with Gasteiger partial charge < -0.3 is 0 Å². The zero-order valence-electron chi connectivity index (χ0n) is 6.40. The third-order valence-corrected chi connectivity index (χ3v) is 2.10. The molecule has 0 aliphatic heterocycles. The molecule has 0 aliphatic carbocycles. The largest absolute Gasteiger partial charge is 0.274 e.